The van der Waals surface area contributed by atoms with Crippen molar-refractivity contribution in [2.75, 3.05) is 23.7 Å². The summed E-state index contributed by atoms with van der Waals surface area (Å²) in [5, 5.41) is 3.39. The molecule has 1 N–H and O–H groups in total. The average Bonchev–Trinajstić information content (AvgIpc) is 2.35. The summed E-state index contributed by atoms with van der Waals surface area (Å²) in [6.45, 7) is 11.2. The van der Waals surface area contributed by atoms with Gasteiger partial charge < -0.3 is 10.2 Å². The second-order valence-electron chi connectivity index (χ2n) is 6.31. The largest absolute Gasteiger partial charge is 0.367 e. The van der Waals surface area contributed by atoms with Crippen molar-refractivity contribution in [2.24, 2.45) is 0 Å². The van der Waals surface area contributed by atoms with Gasteiger partial charge in [-0.05, 0) is 25.5 Å². The van der Waals surface area contributed by atoms with Crippen LogP contribution in [0.3, 0.4) is 0 Å². The maximum absolute atomic E-state index is 14.3. The molecule has 0 atom stereocenters. The quantitative estimate of drug-likeness (QED) is 0.913. The van der Waals surface area contributed by atoms with Gasteiger partial charge >= 0.3 is 0 Å². The van der Waals surface area contributed by atoms with E-state index in [0.717, 1.165) is 36.6 Å². The van der Waals surface area contributed by atoms with Crippen LogP contribution in [0.5, 0.6) is 0 Å². The molecule has 0 aromatic heterocycles. The molecule has 1 aliphatic heterocycles. The molecule has 0 radical (unpaired) electrons. The third-order valence-electron chi connectivity index (χ3n) is 3.51. The van der Waals surface area contributed by atoms with Crippen LogP contribution < -0.4 is 10.2 Å². The van der Waals surface area contributed by atoms with E-state index in [0.29, 0.717) is 6.04 Å². The number of nitrogens with zero attached hydrogens (tertiary/aromatic N) is 1. The Balaban J connectivity index is 2.25. The minimum Gasteiger partial charge on any atom is -0.367 e. The molecule has 0 bridgehead atoms. The van der Waals surface area contributed by atoms with Crippen LogP contribution in [0.2, 0.25) is 0 Å². The monoisotopic (exact) mass is 296 g/mol. The summed E-state index contributed by atoms with van der Waals surface area (Å²) in [7, 11) is 0. The van der Waals surface area contributed by atoms with Gasteiger partial charge in [0.25, 0.3) is 0 Å². The Morgan fingerprint density at radius 2 is 2.15 bits per heavy atom. The van der Waals surface area contributed by atoms with E-state index in [9.17, 15) is 4.39 Å². The molecule has 1 fully saturated rings. The number of nitrogens with one attached hydrogen (secondary N) is 1. The van der Waals surface area contributed by atoms with Crippen molar-refractivity contribution in [2.45, 2.75) is 45.0 Å². The van der Waals surface area contributed by atoms with E-state index >= 15 is 0 Å². The Bertz CT molecular complexity index is 460. The van der Waals surface area contributed by atoms with Crippen molar-refractivity contribution in [3.05, 3.63) is 29.6 Å². The van der Waals surface area contributed by atoms with Crippen molar-refractivity contribution in [1.29, 1.82) is 0 Å². The van der Waals surface area contributed by atoms with Gasteiger partial charge in [-0.3, -0.25) is 0 Å². The molecular weight excluding hydrogens is 271 g/mol. The first-order chi connectivity index (χ1) is 9.39. The standard InChI is InChI=1S/C16H25FN2S/c1-12(2)18-10-13-6-5-7-14(17)15(13)19-8-9-20-16(3,4)11-19/h5-7,12,18H,8-11H2,1-4H3. The normalized spacial score (nSPS) is 18.6. The van der Waals surface area contributed by atoms with Crippen LogP contribution >= 0.6 is 11.8 Å². The number of hydrogen-bond donors (Lipinski definition) is 1. The predicted octanol–water partition coefficient (Wildman–Crippen LogP) is 3.66. The minimum atomic E-state index is -0.101. The lowest BCUT2D eigenvalue weighted by Gasteiger charge is -2.40. The molecule has 20 heavy (non-hydrogen) atoms. The average molecular weight is 296 g/mol. The highest BCUT2D eigenvalue weighted by Gasteiger charge is 2.29. The highest BCUT2D eigenvalue weighted by atomic mass is 32.2. The lowest BCUT2D eigenvalue weighted by molar-refractivity contribution is 0.570. The van der Waals surface area contributed by atoms with E-state index in [2.05, 4.69) is 37.9 Å². The van der Waals surface area contributed by atoms with Gasteiger partial charge in [-0.1, -0.05) is 26.0 Å². The van der Waals surface area contributed by atoms with Crippen LogP contribution in [0.1, 0.15) is 33.3 Å². The molecule has 2 rings (SSSR count). The van der Waals surface area contributed by atoms with Crippen LogP contribution in [-0.2, 0) is 6.54 Å². The molecule has 0 amide bonds. The van der Waals surface area contributed by atoms with Crippen LogP contribution in [0.15, 0.2) is 18.2 Å². The first-order valence-corrected chi connectivity index (χ1v) is 8.27. The van der Waals surface area contributed by atoms with E-state index < -0.39 is 0 Å². The van der Waals surface area contributed by atoms with Gasteiger partial charge in [0.1, 0.15) is 5.82 Å². The van der Waals surface area contributed by atoms with Gasteiger partial charge in [0.05, 0.1) is 5.69 Å². The predicted molar refractivity (Wildman–Crippen MR) is 87.1 cm³/mol. The number of para-hydroxylation sites is 1. The van der Waals surface area contributed by atoms with Crippen molar-refractivity contribution in [1.82, 2.24) is 5.32 Å². The van der Waals surface area contributed by atoms with Crippen molar-refractivity contribution in [3.63, 3.8) is 0 Å². The van der Waals surface area contributed by atoms with Gasteiger partial charge in [-0.2, -0.15) is 11.8 Å². The highest BCUT2D eigenvalue weighted by molar-refractivity contribution is 8.00. The van der Waals surface area contributed by atoms with E-state index in [1.54, 1.807) is 12.1 Å². The number of thioether (sulfide) groups is 1. The van der Waals surface area contributed by atoms with Gasteiger partial charge in [0, 0.05) is 36.2 Å². The Hall–Kier alpha value is -0.740. The molecule has 0 aliphatic carbocycles. The molecule has 0 unspecified atom stereocenters. The third-order valence-corrected chi connectivity index (χ3v) is 4.81. The van der Waals surface area contributed by atoms with E-state index in [1.165, 1.54) is 0 Å². The van der Waals surface area contributed by atoms with Crippen molar-refractivity contribution >= 4 is 17.4 Å². The second kappa shape index (κ2) is 6.35. The topological polar surface area (TPSA) is 15.3 Å². The fraction of sp³-hybridized carbons (Fsp3) is 0.625. The second-order valence-corrected chi connectivity index (χ2v) is 8.11. The first kappa shape index (κ1) is 15.6. The number of anilines is 1. The summed E-state index contributed by atoms with van der Waals surface area (Å²) in [6, 6.07) is 5.81. The van der Waals surface area contributed by atoms with Crippen LogP contribution in [0.4, 0.5) is 10.1 Å². The van der Waals surface area contributed by atoms with Crippen molar-refractivity contribution in [3.8, 4) is 0 Å². The Morgan fingerprint density at radius 1 is 1.40 bits per heavy atom. The summed E-state index contributed by atoms with van der Waals surface area (Å²) in [5.41, 5.74) is 1.84. The molecule has 1 aromatic carbocycles. The summed E-state index contributed by atoms with van der Waals surface area (Å²) in [6.07, 6.45) is 0. The Kier molecular flexibility index (Phi) is 4.97. The van der Waals surface area contributed by atoms with E-state index in [-0.39, 0.29) is 10.6 Å². The zero-order valence-corrected chi connectivity index (χ0v) is 13.7. The lowest BCUT2D eigenvalue weighted by Crippen LogP contribution is -2.44. The smallest absolute Gasteiger partial charge is 0.146 e. The molecule has 1 aliphatic rings. The molecule has 1 saturated heterocycles. The molecular formula is C16H25FN2S. The summed E-state index contributed by atoms with van der Waals surface area (Å²) < 4.78 is 14.5. The molecule has 0 saturated carbocycles. The van der Waals surface area contributed by atoms with Crippen LogP contribution in [-0.4, -0.2) is 29.6 Å². The van der Waals surface area contributed by atoms with E-state index in [1.807, 2.05) is 17.8 Å². The Labute approximate surface area is 126 Å². The number of rotatable bonds is 4. The minimum absolute atomic E-state index is 0.101. The summed E-state index contributed by atoms with van der Waals surface area (Å²) in [5.74, 6) is 0.953. The SMILES string of the molecule is CC(C)NCc1cccc(F)c1N1CCSC(C)(C)C1. The Morgan fingerprint density at radius 3 is 2.80 bits per heavy atom. The first-order valence-electron chi connectivity index (χ1n) is 7.29. The molecule has 4 heteroatoms. The summed E-state index contributed by atoms with van der Waals surface area (Å²) >= 11 is 1.97. The zero-order chi connectivity index (χ0) is 14.8. The number of hydrogen-bond acceptors (Lipinski definition) is 3. The van der Waals surface area contributed by atoms with E-state index in [4.69, 9.17) is 0 Å². The maximum atomic E-state index is 14.3. The fourth-order valence-electron chi connectivity index (χ4n) is 2.58. The highest BCUT2D eigenvalue weighted by Crippen LogP contribution is 2.34. The summed E-state index contributed by atoms with van der Waals surface area (Å²) in [4.78, 5) is 2.21. The number of benzene rings is 1. The van der Waals surface area contributed by atoms with Crippen LogP contribution in [0.25, 0.3) is 0 Å². The molecule has 112 valence electrons. The molecule has 0 spiro atoms. The third kappa shape index (κ3) is 3.89. The van der Waals surface area contributed by atoms with Gasteiger partial charge in [0.15, 0.2) is 0 Å². The van der Waals surface area contributed by atoms with Gasteiger partial charge in [-0.25, -0.2) is 4.39 Å². The molecule has 2 nitrogen and oxygen atoms in total. The lowest BCUT2D eigenvalue weighted by atomic mass is 10.1. The molecule has 1 heterocycles. The maximum Gasteiger partial charge on any atom is 0.146 e. The fourth-order valence-corrected chi connectivity index (χ4v) is 3.69. The van der Waals surface area contributed by atoms with Crippen LogP contribution in [0, 0.1) is 5.82 Å². The number of halogens is 1. The van der Waals surface area contributed by atoms with Gasteiger partial charge in [0.2, 0.25) is 0 Å². The molecule has 1 aromatic rings. The zero-order valence-electron chi connectivity index (χ0n) is 12.9. The van der Waals surface area contributed by atoms with Crippen molar-refractivity contribution < 1.29 is 4.39 Å². The van der Waals surface area contributed by atoms with Gasteiger partial charge in [-0.15, -0.1) is 0 Å².